The summed E-state index contributed by atoms with van der Waals surface area (Å²) in [4.78, 5) is 12.9. The molecule has 0 unspecified atom stereocenters. The van der Waals surface area contributed by atoms with Crippen LogP contribution in [0.25, 0.3) is 0 Å². The lowest BCUT2D eigenvalue weighted by atomic mass is 9.96. The van der Waals surface area contributed by atoms with Gasteiger partial charge in [0.05, 0.1) is 13.2 Å². The van der Waals surface area contributed by atoms with Crippen LogP contribution < -0.4 is 10.1 Å². The van der Waals surface area contributed by atoms with E-state index in [-0.39, 0.29) is 11.8 Å². The monoisotopic (exact) mass is 437 g/mol. The predicted octanol–water partition coefficient (Wildman–Crippen LogP) is 6.45. The highest BCUT2D eigenvalue weighted by atomic mass is 79.9. The maximum Gasteiger partial charge on any atom is 0.165 e. The molecule has 0 aliphatic heterocycles. The van der Waals surface area contributed by atoms with Crippen molar-refractivity contribution < 1.29 is 9.53 Å². The van der Waals surface area contributed by atoms with Crippen molar-refractivity contribution in [1.82, 2.24) is 0 Å². The molecule has 3 aromatic rings. The van der Waals surface area contributed by atoms with E-state index in [9.17, 15) is 4.79 Å². The molecule has 144 valence electrons. The third-order valence-corrected chi connectivity index (χ3v) is 5.31. The number of carbonyl (C=O) groups excluding carboxylic acids is 1. The predicted molar refractivity (Wildman–Crippen MR) is 118 cm³/mol. The summed E-state index contributed by atoms with van der Waals surface area (Å²) in [7, 11) is 1.65. The summed E-state index contributed by atoms with van der Waals surface area (Å²) < 4.78 is 6.28. The van der Waals surface area contributed by atoms with Crippen LogP contribution in [0.5, 0.6) is 5.75 Å². The van der Waals surface area contributed by atoms with Gasteiger partial charge in [-0.25, -0.2) is 0 Å². The van der Waals surface area contributed by atoms with E-state index in [2.05, 4.69) is 28.2 Å². The molecule has 0 heterocycles. The van der Waals surface area contributed by atoms with Gasteiger partial charge in [-0.05, 0) is 53.9 Å². The number of Topliss-reactive ketones (excluding diaryl/α,β-unsaturated/α-hetero) is 1. The fourth-order valence-electron chi connectivity index (χ4n) is 3.07. The normalized spacial score (nSPS) is 11.7. The van der Waals surface area contributed by atoms with Crippen molar-refractivity contribution >= 4 is 27.4 Å². The van der Waals surface area contributed by atoms with E-state index in [1.165, 1.54) is 5.56 Å². The maximum absolute atomic E-state index is 12.9. The number of ether oxygens (including phenoxy) is 1. The van der Waals surface area contributed by atoms with Crippen LogP contribution in [0.1, 0.15) is 40.9 Å². The Bertz CT molecular complexity index is 903. The summed E-state index contributed by atoms with van der Waals surface area (Å²) in [6.07, 6.45) is 1.34. The van der Waals surface area contributed by atoms with Gasteiger partial charge in [-0.3, -0.25) is 4.79 Å². The smallest absolute Gasteiger partial charge is 0.165 e. The molecule has 0 bridgehead atoms. The van der Waals surface area contributed by atoms with E-state index in [0.717, 1.165) is 33.5 Å². The lowest BCUT2D eigenvalue weighted by Crippen LogP contribution is -2.16. The quantitative estimate of drug-likeness (QED) is 0.411. The van der Waals surface area contributed by atoms with Gasteiger partial charge in [-0.15, -0.1) is 0 Å². The van der Waals surface area contributed by atoms with Crippen molar-refractivity contribution in [3.63, 3.8) is 0 Å². The van der Waals surface area contributed by atoms with Crippen LogP contribution in [0.2, 0.25) is 0 Å². The number of anilines is 1. The van der Waals surface area contributed by atoms with Crippen LogP contribution in [0.4, 0.5) is 5.69 Å². The van der Waals surface area contributed by atoms with Gasteiger partial charge in [0.1, 0.15) is 5.75 Å². The molecule has 0 amide bonds. The Kier molecular flexibility index (Phi) is 6.88. The first kappa shape index (κ1) is 20.2. The molecule has 0 saturated carbocycles. The second-order valence-corrected chi connectivity index (χ2v) is 7.57. The highest BCUT2D eigenvalue weighted by Crippen LogP contribution is 2.27. The molecule has 0 fully saturated rings. The molecule has 1 N–H and O–H groups in total. The minimum absolute atomic E-state index is 0.119. The van der Waals surface area contributed by atoms with Gasteiger partial charge in [0.25, 0.3) is 0 Å². The van der Waals surface area contributed by atoms with E-state index in [1.54, 1.807) is 7.11 Å². The van der Waals surface area contributed by atoms with Crippen LogP contribution in [-0.4, -0.2) is 12.9 Å². The Morgan fingerprint density at radius 3 is 2.18 bits per heavy atom. The van der Waals surface area contributed by atoms with Gasteiger partial charge in [0, 0.05) is 22.1 Å². The molecule has 0 aliphatic carbocycles. The number of benzene rings is 3. The number of hydrogen-bond acceptors (Lipinski definition) is 3. The van der Waals surface area contributed by atoms with Crippen molar-refractivity contribution in [3.8, 4) is 5.75 Å². The first-order valence-corrected chi connectivity index (χ1v) is 10.2. The topological polar surface area (TPSA) is 38.3 Å². The lowest BCUT2D eigenvalue weighted by molar-refractivity contribution is 0.0976. The average Bonchev–Trinajstić information content (AvgIpc) is 2.75. The summed E-state index contributed by atoms with van der Waals surface area (Å²) in [5.74, 6) is 0.917. The SMILES string of the molecule is CCc1ccc(C(=O)C[C@H](Nc2ccc(Br)cc2)c2ccc(OC)cc2)cc1. The van der Waals surface area contributed by atoms with Crippen molar-refractivity contribution in [2.45, 2.75) is 25.8 Å². The average molecular weight is 438 g/mol. The first-order valence-electron chi connectivity index (χ1n) is 9.37. The number of hydrogen-bond donors (Lipinski definition) is 1. The Morgan fingerprint density at radius 2 is 1.61 bits per heavy atom. The number of halogens is 1. The van der Waals surface area contributed by atoms with E-state index in [0.29, 0.717) is 6.42 Å². The lowest BCUT2D eigenvalue weighted by Gasteiger charge is -2.20. The first-order chi connectivity index (χ1) is 13.6. The Morgan fingerprint density at radius 1 is 0.964 bits per heavy atom. The van der Waals surface area contributed by atoms with Crippen LogP contribution in [0.15, 0.2) is 77.3 Å². The fraction of sp³-hybridized carbons (Fsp3) is 0.208. The highest BCUT2D eigenvalue weighted by Gasteiger charge is 2.18. The van der Waals surface area contributed by atoms with Gasteiger partial charge < -0.3 is 10.1 Å². The zero-order valence-electron chi connectivity index (χ0n) is 16.1. The van der Waals surface area contributed by atoms with E-state index < -0.39 is 0 Å². The van der Waals surface area contributed by atoms with E-state index in [4.69, 9.17) is 4.74 Å². The number of nitrogens with one attached hydrogen (secondary N) is 1. The number of rotatable bonds is 8. The standard InChI is InChI=1S/C24H24BrNO2/c1-3-17-4-6-19(7-5-17)24(27)16-23(18-8-14-22(28-2)15-9-18)26-21-12-10-20(25)11-13-21/h4-15,23,26H,3,16H2,1-2H3/t23-/m0/s1. The maximum atomic E-state index is 12.9. The molecule has 0 aromatic heterocycles. The number of ketones is 1. The Balaban J connectivity index is 1.83. The molecule has 3 rings (SSSR count). The molecular weight excluding hydrogens is 414 g/mol. The third kappa shape index (κ3) is 5.23. The minimum Gasteiger partial charge on any atom is -0.497 e. The van der Waals surface area contributed by atoms with Crippen molar-refractivity contribution in [1.29, 1.82) is 0 Å². The molecule has 0 radical (unpaired) electrons. The Labute approximate surface area is 174 Å². The molecule has 4 heteroatoms. The number of methoxy groups -OCH3 is 1. The molecule has 0 aliphatic rings. The molecule has 0 saturated heterocycles. The summed E-state index contributed by atoms with van der Waals surface area (Å²) >= 11 is 3.46. The van der Waals surface area contributed by atoms with Gasteiger partial charge in [0.15, 0.2) is 5.78 Å². The zero-order chi connectivity index (χ0) is 19.9. The summed E-state index contributed by atoms with van der Waals surface area (Å²) in [5, 5.41) is 3.50. The summed E-state index contributed by atoms with van der Waals surface area (Å²) in [6.45, 7) is 2.11. The second-order valence-electron chi connectivity index (χ2n) is 6.65. The van der Waals surface area contributed by atoms with Crippen molar-refractivity contribution in [2.75, 3.05) is 12.4 Å². The largest absolute Gasteiger partial charge is 0.497 e. The zero-order valence-corrected chi connectivity index (χ0v) is 17.7. The summed E-state index contributed by atoms with van der Waals surface area (Å²) in [6, 6.07) is 23.6. The molecule has 3 nitrogen and oxygen atoms in total. The highest BCUT2D eigenvalue weighted by molar-refractivity contribution is 9.10. The van der Waals surface area contributed by atoms with E-state index in [1.807, 2.05) is 72.8 Å². The van der Waals surface area contributed by atoms with Gasteiger partial charge in [-0.1, -0.05) is 59.3 Å². The van der Waals surface area contributed by atoms with Crippen LogP contribution in [-0.2, 0) is 6.42 Å². The number of aryl methyl sites for hydroxylation is 1. The molecular formula is C24H24BrNO2. The van der Waals surface area contributed by atoms with Crippen LogP contribution in [0.3, 0.4) is 0 Å². The summed E-state index contributed by atoms with van der Waals surface area (Å²) in [5.41, 5.74) is 3.99. The van der Waals surface area contributed by atoms with Gasteiger partial charge >= 0.3 is 0 Å². The number of carbonyl (C=O) groups is 1. The molecule has 28 heavy (non-hydrogen) atoms. The minimum atomic E-state index is -0.134. The van der Waals surface area contributed by atoms with Crippen molar-refractivity contribution in [2.24, 2.45) is 0 Å². The molecule has 0 spiro atoms. The molecule has 1 atom stereocenters. The third-order valence-electron chi connectivity index (χ3n) is 4.78. The second kappa shape index (κ2) is 9.56. The fourth-order valence-corrected chi connectivity index (χ4v) is 3.33. The Hall–Kier alpha value is -2.59. The van der Waals surface area contributed by atoms with E-state index >= 15 is 0 Å². The van der Waals surface area contributed by atoms with Crippen LogP contribution in [0, 0.1) is 0 Å². The van der Waals surface area contributed by atoms with Gasteiger partial charge in [-0.2, -0.15) is 0 Å². The van der Waals surface area contributed by atoms with Gasteiger partial charge in [0.2, 0.25) is 0 Å². The van der Waals surface area contributed by atoms with Crippen molar-refractivity contribution in [3.05, 3.63) is 94.0 Å². The molecule has 3 aromatic carbocycles. The van der Waals surface area contributed by atoms with Crippen LogP contribution >= 0.6 is 15.9 Å².